The van der Waals surface area contributed by atoms with Crippen molar-refractivity contribution in [2.45, 2.75) is 6.54 Å². The summed E-state index contributed by atoms with van der Waals surface area (Å²) < 4.78 is 13.0. The Hall–Kier alpha value is -2.73. The van der Waals surface area contributed by atoms with Crippen LogP contribution in [0.2, 0.25) is 0 Å². The summed E-state index contributed by atoms with van der Waals surface area (Å²) in [6.45, 7) is 3.57. The van der Waals surface area contributed by atoms with Crippen LogP contribution in [0.15, 0.2) is 48.5 Å². The first-order chi connectivity index (χ1) is 12.0. The smallest absolute Gasteiger partial charge is 0.253 e. The number of hydrogen-bond donors (Lipinski definition) is 1. The van der Waals surface area contributed by atoms with Gasteiger partial charge in [0.05, 0.1) is 0 Å². The maximum absolute atomic E-state index is 13.0. The second-order valence-electron chi connectivity index (χ2n) is 6.14. The van der Waals surface area contributed by atoms with Crippen LogP contribution in [0, 0.1) is 5.82 Å². The van der Waals surface area contributed by atoms with Gasteiger partial charge in [0.25, 0.3) is 5.91 Å². The molecule has 2 N–H and O–H groups in total. The summed E-state index contributed by atoms with van der Waals surface area (Å²) in [5, 5.41) is 0. The number of amides is 2. The number of carbonyl (C=O) groups excluding carboxylic acids is 2. The van der Waals surface area contributed by atoms with Crippen molar-refractivity contribution in [1.82, 2.24) is 9.80 Å². The normalized spacial score (nSPS) is 15.2. The molecule has 0 atom stereocenters. The van der Waals surface area contributed by atoms with E-state index in [0.717, 1.165) is 25.2 Å². The lowest BCUT2D eigenvalue weighted by atomic mass is 10.1. The van der Waals surface area contributed by atoms with Gasteiger partial charge in [-0.15, -0.1) is 0 Å². The Bertz CT molecular complexity index is 751. The summed E-state index contributed by atoms with van der Waals surface area (Å²) in [6.07, 6.45) is 0. The Morgan fingerprint density at radius 2 is 1.44 bits per heavy atom. The zero-order valence-corrected chi connectivity index (χ0v) is 13.8. The molecule has 0 unspecified atom stereocenters. The van der Waals surface area contributed by atoms with Gasteiger partial charge in [-0.1, -0.05) is 12.1 Å². The van der Waals surface area contributed by atoms with Crippen LogP contribution in [-0.2, 0) is 6.54 Å². The molecule has 1 heterocycles. The Kier molecular flexibility index (Phi) is 5.09. The van der Waals surface area contributed by atoms with Crippen LogP contribution >= 0.6 is 0 Å². The molecule has 130 valence electrons. The molecule has 1 fully saturated rings. The van der Waals surface area contributed by atoms with E-state index in [0.29, 0.717) is 24.2 Å². The predicted molar refractivity (Wildman–Crippen MR) is 92.5 cm³/mol. The fourth-order valence-corrected chi connectivity index (χ4v) is 2.92. The molecule has 0 saturated carbocycles. The molecule has 5 nitrogen and oxygen atoms in total. The van der Waals surface area contributed by atoms with Crippen molar-refractivity contribution in [3.05, 3.63) is 71.0 Å². The Balaban J connectivity index is 1.53. The number of nitrogens with zero attached hydrogens (tertiary/aromatic N) is 2. The number of primary amides is 1. The molecule has 0 bridgehead atoms. The van der Waals surface area contributed by atoms with Gasteiger partial charge in [-0.05, 0) is 42.0 Å². The van der Waals surface area contributed by atoms with Gasteiger partial charge in [0.2, 0.25) is 5.91 Å². The van der Waals surface area contributed by atoms with E-state index >= 15 is 0 Å². The molecule has 2 aromatic carbocycles. The number of benzene rings is 2. The van der Waals surface area contributed by atoms with Crippen molar-refractivity contribution >= 4 is 11.8 Å². The average Bonchev–Trinajstić information content (AvgIpc) is 2.63. The predicted octanol–water partition coefficient (Wildman–Crippen LogP) is 1.88. The molecule has 3 rings (SSSR count). The van der Waals surface area contributed by atoms with Crippen molar-refractivity contribution in [1.29, 1.82) is 0 Å². The van der Waals surface area contributed by atoms with Crippen LogP contribution in [0.3, 0.4) is 0 Å². The molecule has 0 radical (unpaired) electrons. The van der Waals surface area contributed by atoms with E-state index in [4.69, 9.17) is 5.73 Å². The number of hydrogen-bond acceptors (Lipinski definition) is 3. The van der Waals surface area contributed by atoms with Crippen molar-refractivity contribution in [2.75, 3.05) is 26.2 Å². The summed E-state index contributed by atoms with van der Waals surface area (Å²) in [4.78, 5) is 27.6. The van der Waals surface area contributed by atoms with Gasteiger partial charge in [-0.25, -0.2) is 4.39 Å². The third kappa shape index (κ3) is 4.22. The minimum atomic E-state index is -0.431. The second-order valence-corrected chi connectivity index (χ2v) is 6.14. The summed E-state index contributed by atoms with van der Waals surface area (Å²) in [5.41, 5.74) is 7.35. The lowest BCUT2D eigenvalue weighted by molar-refractivity contribution is 0.0628. The van der Waals surface area contributed by atoms with Gasteiger partial charge in [0.15, 0.2) is 0 Å². The molecule has 1 aliphatic rings. The Labute approximate surface area is 145 Å². The van der Waals surface area contributed by atoms with E-state index in [2.05, 4.69) is 4.90 Å². The van der Waals surface area contributed by atoms with Crippen LogP contribution in [-0.4, -0.2) is 47.8 Å². The van der Waals surface area contributed by atoms with E-state index in [9.17, 15) is 14.0 Å². The second kappa shape index (κ2) is 7.44. The van der Waals surface area contributed by atoms with Crippen LogP contribution < -0.4 is 5.73 Å². The fraction of sp³-hybridized carbons (Fsp3) is 0.263. The first-order valence-electron chi connectivity index (χ1n) is 8.19. The van der Waals surface area contributed by atoms with E-state index in [1.807, 2.05) is 12.1 Å². The Morgan fingerprint density at radius 3 is 2.00 bits per heavy atom. The molecule has 6 heteroatoms. The highest BCUT2D eigenvalue weighted by atomic mass is 19.1. The molecular formula is C19H20FN3O2. The molecule has 2 aromatic rings. The molecular weight excluding hydrogens is 321 g/mol. The van der Waals surface area contributed by atoms with Crippen molar-refractivity contribution in [2.24, 2.45) is 5.73 Å². The summed E-state index contributed by atoms with van der Waals surface area (Å²) >= 11 is 0. The number of rotatable bonds is 4. The molecule has 1 saturated heterocycles. The SMILES string of the molecule is NC(=O)c1ccc(CN2CCN(C(=O)c3ccc(F)cc3)CC2)cc1. The highest BCUT2D eigenvalue weighted by Crippen LogP contribution is 2.13. The highest BCUT2D eigenvalue weighted by molar-refractivity contribution is 5.94. The minimum Gasteiger partial charge on any atom is -0.366 e. The maximum Gasteiger partial charge on any atom is 0.253 e. The first kappa shape index (κ1) is 17.1. The first-order valence-corrected chi connectivity index (χ1v) is 8.19. The monoisotopic (exact) mass is 341 g/mol. The van der Waals surface area contributed by atoms with Crippen molar-refractivity contribution < 1.29 is 14.0 Å². The maximum atomic E-state index is 13.0. The lowest BCUT2D eigenvalue weighted by Gasteiger charge is -2.34. The van der Waals surface area contributed by atoms with Gasteiger partial charge in [-0.2, -0.15) is 0 Å². The zero-order valence-electron chi connectivity index (χ0n) is 13.8. The van der Waals surface area contributed by atoms with Crippen molar-refractivity contribution in [3.8, 4) is 0 Å². The molecule has 0 spiro atoms. The average molecular weight is 341 g/mol. The number of carbonyl (C=O) groups is 2. The van der Waals surface area contributed by atoms with Gasteiger partial charge in [0.1, 0.15) is 5.82 Å². The van der Waals surface area contributed by atoms with Gasteiger partial charge in [-0.3, -0.25) is 14.5 Å². The van der Waals surface area contributed by atoms with Gasteiger partial charge < -0.3 is 10.6 Å². The van der Waals surface area contributed by atoms with Crippen LogP contribution in [0.5, 0.6) is 0 Å². The molecule has 25 heavy (non-hydrogen) atoms. The van der Waals surface area contributed by atoms with Gasteiger partial charge >= 0.3 is 0 Å². The number of piperazine rings is 1. The quantitative estimate of drug-likeness (QED) is 0.923. The van der Waals surface area contributed by atoms with Crippen molar-refractivity contribution in [3.63, 3.8) is 0 Å². The van der Waals surface area contributed by atoms with E-state index in [1.54, 1.807) is 17.0 Å². The fourth-order valence-electron chi connectivity index (χ4n) is 2.92. The minimum absolute atomic E-state index is 0.0644. The number of nitrogens with two attached hydrogens (primary N) is 1. The summed E-state index contributed by atoms with van der Waals surface area (Å²) in [5.74, 6) is -0.839. The molecule has 2 amide bonds. The zero-order chi connectivity index (χ0) is 17.8. The molecule has 0 aromatic heterocycles. The van der Waals surface area contributed by atoms with E-state index < -0.39 is 5.91 Å². The topological polar surface area (TPSA) is 66.6 Å². The summed E-state index contributed by atoms with van der Waals surface area (Å²) in [7, 11) is 0. The lowest BCUT2D eigenvalue weighted by Crippen LogP contribution is -2.48. The third-order valence-corrected chi connectivity index (χ3v) is 4.40. The summed E-state index contributed by atoms with van der Waals surface area (Å²) in [6, 6.07) is 12.9. The molecule has 1 aliphatic heterocycles. The van der Waals surface area contributed by atoms with Crippen LogP contribution in [0.1, 0.15) is 26.3 Å². The van der Waals surface area contributed by atoms with Gasteiger partial charge in [0, 0.05) is 43.9 Å². The third-order valence-electron chi connectivity index (χ3n) is 4.40. The Morgan fingerprint density at radius 1 is 0.880 bits per heavy atom. The molecule has 0 aliphatic carbocycles. The largest absolute Gasteiger partial charge is 0.366 e. The highest BCUT2D eigenvalue weighted by Gasteiger charge is 2.22. The number of halogens is 1. The van der Waals surface area contributed by atoms with E-state index in [1.165, 1.54) is 24.3 Å². The van der Waals surface area contributed by atoms with Crippen LogP contribution in [0.4, 0.5) is 4.39 Å². The standard InChI is InChI=1S/C19H20FN3O2/c20-17-7-5-16(6-8-17)19(25)23-11-9-22(10-12-23)13-14-1-3-15(4-2-14)18(21)24/h1-8H,9-13H2,(H2,21,24). The van der Waals surface area contributed by atoms with Crippen LogP contribution in [0.25, 0.3) is 0 Å². The van der Waals surface area contributed by atoms with E-state index in [-0.39, 0.29) is 11.7 Å².